The minimum Gasteiger partial charge on any atom is -0.465 e. The second kappa shape index (κ2) is 8.49. The lowest BCUT2D eigenvalue weighted by molar-refractivity contribution is -0.115. The van der Waals surface area contributed by atoms with E-state index < -0.39 is 0 Å². The van der Waals surface area contributed by atoms with Gasteiger partial charge in [0.1, 0.15) is 0 Å². The smallest absolute Gasteiger partial charge is 0.337 e. The molecule has 2 aromatic rings. The van der Waals surface area contributed by atoms with Gasteiger partial charge in [0.2, 0.25) is 5.91 Å². The molecule has 0 aliphatic carbocycles. The zero-order valence-electron chi connectivity index (χ0n) is 13.6. The molecule has 1 amide bonds. The average molecular weight is 391 g/mol. The van der Waals surface area contributed by atoms with E-state index in [1.165, 1.54) is 7.11 Å². The quantitative estimate of drug-likeness (QED) is 0.731. The second-order valence-electron chi connectivity index (χ2n) is 5.26. The first-order chi connectivity index (χ1) is 11.5. The Morgan fingerprint density at radius 1 is 1.08 bits per heavy atom. The van der Waals surface area contributed by atoms with Crippen LogP contribution in [0.3, 0.4) is 0 Å². The lowest BCUT2D eigenvalue weighted by Crippen LogP contribution is -2.16. The summed E-state index contributed by atoms with van der Waals surface area (Å²) in [5.41, 5.74) is 3.18. The van der Waals surface area contributed by atoms with Gasteiger partial charge in [-0.1, -0.05) is 15.9 Å². The molecule has 2 rings (SSSR count). The highest BCUT2D eigenvalue weighted by Gasteiger charge is 2.06. The molecular formula is C18H19BrN2O3. The van der Waals surface area contributed by atoms with E-state index in [9.17, 15) is 9.59 Å². The minimum absolute atomic E-state index is 0.0598. The molecule has 0 fully saturated rings. The Morgan fingerprint density at radius 3 is 2.38 bits per heavy atom. The predicted molar refractivity (Wildman–Crippen MR) is 98.4 cm³/mol. The summed E-state index contributed by atoms with van der Waals surface area (Å²) in [7, 11) is 1.35. The molecule has 6 heteroatoms. The Hall–Kier alpha value is -2.34. The van der Waals surface area contributed by atoms with Crippen molar-refractivity contribution in [2.75, 3.05) is 24.3 Å². The average Bonchev–Trinajstić information content (AvgIpc) is 2.58. The molecule has 0 aliphatic heterocycles. The van der Waals surface area contributed by atoms with E-state index in [2.05, 4.69) is 31.3 Å². The van der Waals surface area contributed by atoms with Gasteiger partial charge < -0.3 is 15.4 Å². The number of halogens is 1. The maximum atomic E-state index is 12.0. The molecule has 0 spiro atoms. The summed E-state index contributed by atoms with van der Waals surface area (Å²) in [5.74, 6) is -0.430. The Morgan fingerprint density at radius 2 is 1.75 bits per heavy atom. The summed E-state index contributed by atoms with van der Waals surface area (Å²) in [4.78, 5) is 23.3. The van der Waals surface area contributed by atoms with Crippen molar-refractivity contribution in [2.24, 2.45) is 0 Å². The van der Waals surface area contributed by atoms with Crippen LogP contribution in [0.25, 0.3) is 0 Å². The molecule has 0 atom stereocenters. The highest BCUT2D eigenvalue weighted by atomic mass is 79.9. The zero-order chi connectivity index (χ0) is 17.5. The van der Waals surface area contributed by atoms with Gasteiger partial charge in [0.15, 0.2) is 0 Å². The molecule has 0 bridgehead atoms. The molecule has 0 heterocycles. The maximum absolute atomic E-state index is 12.0. The zero-order valence-corrected chi connectivity index (χ0v) is 15.1. The molecule has 0 unspecified atom stereocenters. The van der Waals surface area contributed by atoms with Crippen LogP contribution in [0.2, 0.25) is 0 Å². The van der Waals surface area contributed by atoms with Crippen LogP contribution in [-0.4, -0.2) is 25.5 Å². The van der Waals surface area contributed by atoms with Crippen LogP contribution in [0.4, 0.5) is 11.4 Å². The van der Waals surface area contributed by atoms with E-state index in [0.29, 0.717) is 18.5 Å². The van der Waals surface area contributed by atoms with Gasteiger partial charge in [-0.3, -0.25) is 4.79 Å². The molecule has 5 nitrogen and oxygen atoms in total. The number of carbonyl (C=O) groups is 2. The van der Waals surface area contributed by atoms with Crippen molar-refractivity contribution >= 4 is 39.2 Å². The van der Waals surface area contributed by atoms with Gasteiger partial charge in [-0.2, -0.15) is 0 Å². The van der Waals surface area contributed by atoms with Crippen molar-refractivity contribution < 1.29 is 14.3 Å². The maximum Gasteiger partial charge on any atom is 0.337 e. The molecule has 0 aliphatic rings. The third kappa shape index (κ3) is 5.09. The number of amides is 1. The van der Waals surface area contributed by atoms with Crippen molar-refractivity contribution in [3.63, 3.8) is 0 Å². The summed E-state index contributed by atoms with van der Waals surface area (Å²) in [5, 5.41) is 6.01. The molecule has 2 N–H and O–H groups in total. The number of ether oxygens (including phenoxy) is 1. The number of anilines is 2. The number of aryl methyl sites for hydroxylation is 1. The standard InChI is InChI=1S/C18H19BrN2O3/c1-12-11-15(7-8-16(12)19)21-17(22)9-10-20-14-5-3-13(4-6-14)18(23)24-2/h3-8,11,20H,9-10H2,1-2H3,(H,21,22). The third-order valence-corrected chi connectivity index (χ3v) is 4.32. The summed E-state index contributed by atoms with van der Waals surface area (Å²) >= 11 is 3.43. The molecule has 0 saturated heterocycles. The fraction of sp³-hybridized carbons (Fsp3) is 0.222. The van der Waals surface area contributed by atoms with Crippen LogP contribution >= 0.6 is 15.9 Å². The molecule has 0 aromatic heterocycles. The largest absolute Gasteiger partial charge is 0.465 e. The number of methoxy groups -OCH3 is 1. The Labute approximate surface area is 149 Å². The molecule has 24 heavy (non-hydrogen) atoms. The van der Waals surface area contributed by atoms with Crippen molar-refractivity contribution in [3.8, 4) is 0 Å². The monoisotopic (exact) mass is 390 g/mol. The van der Waals surface area contributed by atoms with Gasteiger partial charge in [-0.25, -0.2) is 4.79 Å². The normalized spacial score (nSPS) is 10.1. The van der Waals surface area contributed by atoms with E-state index in [4.69, 9.17) is 0 Å². The van der Waals surface area contributed by atoms with Gasteiger partial charge in [0, 0.05) is 28.8 Å². The summed E-state index contributed by atoms with van der Waals surface area (Å²) < 4.78 is 5.66. The molecule has 0 saturated carbocycles. The van der Waals surface area contributed by atoms with Crippen LogP contribution in [0.1, 0.15) is 22.3 Å². The summed E-state index contributed by atoms with van der Waals surface area (Å²) in [6, 6.07) is 12.6. The topological polar surface area (TPSA) is 67.4 Å². The van der Waals surface area contributed by atoms with E-state index in [-0.39, 0.29) is 11.9 Å². The SMILES string of the molecule is COC(=O)c1ccc(NCCC(=O)Nc2ccc(Br)c(C)c2)cc1. The first-order valence-corrected chi connectivity index (χ1v) is 8.27. The number of benzene rings is 2. The van der Waals surface area contributed by atoms with E-state index >= 15 is 0 Å². The third-order valence-electron chi connectivity index (χ3n) is 3.43. The number of carbonyl (C=O) groups excluding carboxylic acids is 2. The fourth-order valence-corrected chi connectivity index (χ4v) is 2.35. The van der Waals surface area contributed by atoms with Crippen molar-refractivity contribution in [1.29, 1.82) is 0 Å². The lowest BCUT2D eigenvalue weighted by atomic mass is 10.2. The number of esters is 1. The minimum atomic E-state index is -0.370. The van der Waals surface area contributed by atoms with Gasteiger partial charge in [0.05, 0.1) is 12.7 Å². The second-order valence-corrected chi connectivity index (χ2v) is 6.11. The van der Waals surface area contributed by atoms with Crippen LogP contribution in [0.15, 0.2) is 46.9 Å². The Balaban J connectivity index is 1.79. The highest BCUT2D eigenvalue weighted by Crippen LogP contribution is 2.20. The highest BCUT2D eigenvalue weighted by molar-refractivity contribution is 9.10. The molecular weight excluding hydrogens is 372 g/mol. The van der Waals surface area contributed by atoms with Crippen molar-refractivity contribution in [3.05, 3.63) is 58.1 Å². The van der Waals surface area contributed by atoms with Crippen LogP contribution in [-0.2, 0) is 9.53 Å². The van der Waals surface area contributed by atoms with E-state index in [0.717, 1.165) is 21.4 Å². The van der Waals surface area contributed by atoms with Gasteiger partial charge >= 0.3 is 5.97 Å². The van der Waals surface area contributed by atoms with E-state index in [1.54, 1.807) is 24.3 Å². The van der Waals surface area contributed by atoms with Gasteiger partial charge in [0.25, 0.3) is 0 Å². The van der Waals surface area contributed by atoms with Crippen LogP contribution in [0.5, 0.6) is 0 Å². The summed E-state index contributed by atoms with van der Waals surface area (Å²) in [6.07, 6.45) is 0.341. The van der Waals surface area contributed by atoms with Crippen molar-refractivity contribution in [2.45, 2.75) is 13.3 Å². The Kier molecular flexibility index (Phi) is 6.37. The van der Waals surface area contributed by atoms with Gasteiger partial charge in [-0.05, 0) is 55.0 Å². The van der Waals surface area contributed by atoms with Crippen molar-refractivity contribution in [1.82, 2.24) is 0 Å². The first kappa shape index (κ1) is 18.0. The van der Waals surface area contributed by atoms with E-state index in [1.807, 2.05) is 25.1 Å². The van der Waals surface area contributed by atoms with Crippen LogP contribution < -0.4 is 10.6 Å². The first-order valence-electron chi connectivity index (χ1n) is 7.48. The number of hydrogen-bond acceptors (Lipinski definition) is 4. The van der Waals surface area contributed by atoms with Gasteiger partial charge in [-0.15, -0.1) is 0 Å². The Bertz CT molecular complexity index is 730. The fourth-order valence-electron chi connectivity index (χ4n) is 2.11. The molecule has 2 aromatic carbocycles. The molecule has 0 radical (unpaired) electrons. The lowest BCUT2D eigenvalue weighted by Gasteiger charge is -2.09. The predicted octanol–water partition coefficient (Wildman–Crippen LogP) is 3.98. The number of nitrogens with one attached hydrogen (secondary N) is 2. The molecule has 126 valence electrons. The number of rotatable bonds is 6. The van der Waals surface area contributed by atoms with Crippen LogP contribution in [0, 0.1) is 6.92 Å². The number of hydrogen-bond donors (Lipinski definition) is 2. The summed E-state index contributed by atoms with van der Waals surface area (Å²) in [6.45, 7) is 2.47.